The molecule has 0 spiro atoms. The van der Waals surface area contributed by atoms with E-state index in [1.807, 2.05) is 19.1 Å². The zero-order valence-corrected chi connectivity index (χ0v) is 20.0. The summed E-state index contributed by atoms with van der Waals surface area (Å²) in [5, 5.41) is 17.5. The minimum absolute atomic E-state index is 0.0607. The van der Waals surface area contributed by atoms with Gasteiger partial charge < -0.3 is 19.7 Å². The van der Waals surface area contributed by atoms with Gasteiger partial charge in [0.25, 0.3) is 0 Å². The van der Waals surface area contributed by atoms with Crippen LogP contribution in [0.25, 0.3) is 0 Å². The standard InChI is InChI=1S/C17H21N3O2S.2C2HF3O2/c1-12-11-23-16(19-12)10-20-9-15(17-14(20)5-3-7-21-17)22-13-4-2-6-18-8-13;2*3-2(4,5)1(6)7/h2,4,6,8,11,14-15,17H,3,5,7,9-10H2,1H3;2*(H,6,7)/t14-,15+,17+;;/m1../s1. The topological polar surface area (TPSA) is 122 Å². The Hall–Kier alpha value is -2.98. The van der Waals surface area contributed by atoms with Crippen molar-refractivity contribution < 1.29 is 55.6 Å². The smallest absolute Gasteiger partial charge is 0.485 e. The van der Waals surface area contributed by atoms with Gasteiger partial charge in [-0.15, -0.1) is 11.3 Å². The summed E-state index contributed by atoms with van der Waals surface area (Å²) < 4.78 is 75.7. The van der Waals surface area contributed by atoms with Crippen LogP contribution in [0.4, 0.5) is 26.3 Å². The number of rotatable bonds is 4. The second-order valence-electron chi connectivity index (χ2n) is 7.81. The van der Waals surface area contributed by atoms with E-state index in [-0.39, 0.29) is 12.2 Å². The molecule has 4 rings (SSSR count). The first-order chi connectivity index (χ1) is 17.2. The number of carboxylic acids is 2. The maximum absolute atomic E-state index is 10.6. The summed E-state index contributed by atoms with van der Waals surface area (Å²) in [5.41, 5.74) is 1.10. The molecule has 2 N–H and O–H groups in total. The number of thiazole rings is 1. The lowest BCUT2D eigenvalue weighted by Crippen LogP contribution is -2.42. The minimum atomic E-state index is -5.08. The van der Waals surface area contributed by atoms with Crippen molar-refractivity contribution in [2.45, 2.75) is 56.9 Å². The molecule has 2 saturated heterocycles. The van der Waals surface area contributed by atoms with E-state index in [0.717, 1.165) is 37.6 Å². The van der Waals surface area contributed by atoms with Crippen molar-refractivity contribution in [3.8, 4) is 5.75 Å². The fourth-order valence-electron chi connectivity index (χ4n) is 3.53. The normalized spacial score (nSPS) is 21.5. The second-order valence-corrected chi connectivity index (χ2v) is 8.75. The number of fused-ring (bicyclic) bond motifs is 1. The van der Waals surface area contributed by atoms with Gasteiger partial charge in [-0.1, -0.05) is 0 Å². The number of carbonyl (C=O) groups is 2. The van der Waals surface area contributed by atoms with Crippen LogP contribution in [0.2, 0.25) is 0 Å². The van der Waals surface area contributed by atoms with Crippen LogP contribution >= 0.6 is 11.3 Å². The van der Waals surface area contributed by atoms with Gasteiger partial charge in [0.2, 0.25) is 0 Å². The Bertz CT molecular complexity index is 996. The summed E-state index contributed by atoms with van der Waals surface area (Å²) in [6, 6.07) is 4.28. The molecule has 2 aliphatic rings. The average Bonchev–Trinajstić information content (AvgIpc) is 3.37. The summed E-state index contributed by atoms with van der Waals surface area (Å²) in [6.07, 6.45) is -4.14. The average molecular weight is 559 g/mol. The largest absolute Gasteiger partial charge is 0.490 e. The van der Waals surface area contributed by atoms with Crippen molar-refractivity contribution in [3.05, 3.63) is 40.6 Å². The quantitative estimate of drug-likeness (QED) is 0.537. The van der Waals surface area contributed by atoms with Crippen LogP contribution in [0.5, 0.6) is 5.75 Å². The highest BCUT2D eigenvalue weighted by Gasteiger charge is 2.45. The van der Waals surface area contributed by atoms with Crippen molar-refractivity contribution in [2.24, 2.45) is 0 Å². The number of halogens is 6. The SMILES string of the molecule is Cc1csc(CN2C[C@H](Oc3cccnc3)[C@H]3OCCC[C@H]32)n1.O=C(O)C(F)(F)F.O=C(O)C(F)(F)F. The van der Waals surface area contributed by atoms with Crippen LogP contribution in [-0.4, -0.2) is 80.8 Å². The predicted octanol–water partition coefficient (Wildman–Crippen LogP) is 3.92. The maximum atomic E-state index is 10.6. The van der Waals surface area contributed by atoms with E-state index < -0.39 is 24.3 Å². The van der Waals surface area contributed by atoms with Gasteiger partial charge in [-0.3, -0.25) is 9.88 Å². The molecule has 0 aliphatic carbocycles. The second kappa shape index (κ2) is 13.0. The van der Waals surface area contributed by atoms with E-state index in [1.165, 1.54) is 11.4 Å². The van der Waals surface area contributed by atoms with E-state index in [2.05, 4.69) is 20.2 Å². The summed E-state index contributed by atoms with van der Waals surface area (Å²) in [7, 11) is 0. The van der Waals surface area contributed by atoms with Gasteiger partial charge in [-0.2, -0.15) is 26.3 Å². The Balaban J connectivity index is 0.000000286. The van der Waals surface area contributed by atoms with Crippen molar-refractivity contribution in [2.75, 3.05) is 13.2 Å². The molecule has 0 unspecified atom stereocenters. The third-order valence-corrected chi connectivity index (χ3v) is 5.95. The molecule has 206 valence electrons. The number of pyridine rings is 1. The molecule has 0 saturated carbocycles. The zero-order chi connectivity index (χ0) is 27.8. The van der Waals surface area contributed by atoms with E-state index in [9.17, 15) is 26.3 Å². The summed E-state index contributed by atoms with van der Waals surface area (Å²) >= 11 is 1.74. The Morgan fingerprint density at radius 1 is 1.19 bits per heavy atom. The Kier molecular flexibility index (Phi) is 10.6. The van der Waals surface area contributed by atoms with Crippen LogP contribution in [-0.2, 0) is 20.9 Å². The molecule has 2 aromatic heterocycles. The molecule has 9 nitrogen and oxygen atoms in total. The number of ether oxygens (including phenoxy) is 2. The van der Waals surface area contributed by atoms with Crippen LogP contribution < -0.4 is 4.74 Å². The third kappa shape index (κ3) is 9.77. The van der Waals surface area contributed by atoms with Crippen molar-refractivity contribution in [1.82, 2.24) is 14.9 Å². The van der Waals surface area contributed by atoms with Gasteiger partial charge in [-0.05, 0) is 31.9 Å². The summed E-state index contributed by atoms with van der Waals surface area (Å²) in [4.78, 5) is 29.0. The number of nitrogens with zero attached hydrogens (tertiary/aromatic N) is 3. The van der Waals surface area contributed by atoms with Gasteiger partial charge in [0, 0.05) is 36.5 Å². The highest BCUT2D eigenvalue weighted by molar-refractivity contribution is 7.09. The van der Waals surface area contributed by atoms with E-state index >= 15 is 0 Å². The molecular formula is C21H23F6N3O6S. The summed E-state index contributed by atoms with van der Waals surface area (Å²) in [5.74, 6) is -4.70. The van der Waals surface area contributed by atoms with Crippen molar-refractivity contribution in [1.29, 1.82) is 0 Å². The molecule has 2 aliphatic heterocycles. The van der Waals surface area contributed by atoms with Gasteiger partial charge in [0.05, 0.1) is 12.7 Å². The monoisotopic (exact) mass is 559 g/mol. The molecule has 16 heteroatoms. The third-order valence-electron chi connectivity index (χ3n) is 5.00. The molecule has 2 fully saturated rings. The number of carboxylic acid groups (broad SMARTS) is 2. The lowest BCUT2D eigenvalue weighted by atomic mass is 10.0. The van der Waals surface area contributed by atoms with E-state index in [0.29, 0.717) is 6.04 Å². The van der Waals surface area contributed by atoms with Crippen LogP contribution in [0.1, 0.15) is 23.5 Å². The van der Waals surface area contributed by atoms with Gasteiger partial charge in [-0.25, -0.2) is 14.6 Å². The number of alkyl halides is 6. The highest BCUT2D eigenvalue weighted by atomic mass is 32.1. The van der Waals surface area contributed by atoms with Gasteiger partial charge in [0.15, 0.2) is 0 Å². The van der Waals surface area contributed by atoms with Crippen LogP contribution in [0.15, 0.2) is 29.9 Å². The molecule has 0 radical (unpaired) electrons. The molecular weight excluding hydrogens is 536 g/mol. The number of likely N-dealkylation sites (tertiary alicyclic amines) is 1. The predicted molar refractivity (Wildman–Crippen MR) is 116 cm³/mol. The molecule has 3 atom stereocenters. The van der Waals surface area contributed by atoms with E-state index in [4.69, 9.17) is 29.3 Å². The maximum Gasteiger partial charge on any atom is 0.490 e. The fourth-order valence-corrected chi connectivity index (χ4v) is 4.33. The highest BCUT2D eigenvalue weighted by Crippen LogP contribution is 2.32. The van der Waals surface area contributed by atoms with Crippen molar-refractivity contribution in [3.63, 3.8) is 0 Å². The number of aryl methyl sites for hydroxylation is 1. The molecule has 4 heterocycles. The first-order valence-corrected chi connectivity index (χ1v) is 11.5. The minimum Gasteiger partial charge on any atom is -0.485 e. The Morgan fingerprint density at radius 2 is 1.81 bits per heavy atom. The Labute approximate surface area is 210 Å². The van der Waals surface area contributed by atoms with E-state index in [1.54, 1.807) is 23.7 Å². The molecule has 0 amide bonds. The number of hydrogen-bond donors (Lipinski definition) is 2. The van der Waals surface area contributed by atoms with Gasteiger partial charge >= 0.3 is 24.3 Å². The Morgan fingerprint density at radius 3 is 2.30 bits per heavy atom. The van der Waals surface area contributed by atoms with Crippen molar-refractivity contribution >= 4 is 23.3 Å². The van der Waals surface area contributed by atoms with Crippen LogP contribution in [0, 0.1) is 6.92 Å². The number of hydrogen-bond acceptors (Lipinski definition) is 8. The number of aliphatic carboxylic acids is 2. The zero-order valence-electron chi connectivity index (χ0n) is 19.2. The molecule has 0 bridgehead atoms. The molecule has 2 aromatic rings. The first kappa shape index (κ1) is 30.2. The fraction of sp³-hybridized carbons (Fsp3) is 0.524. The van der Waals surface area contributed by atoms with Gasteiger partial charge in [0.1, 0.15) is 23.0 Å². The lowest BCUT2D eigenvalue weighted by Gasteiger charge is -2.31. The number of aromatic nitrogens is 2. The van der Waals surface area contributed by atoms with Crippen LogP contribution in [0.3, 0.4) is 0 Å². The molecule has 0 aromatic carbocycles. The molecule has 37 heavy (non-hydrogen) atoms. The first-order valence-electron chi connectivity index (χ1n) is 10.6. The lowest BCUT2D eigenvalue weighted by molar-refractivity contribution is -0.193. The summed E-state index contributed by atoms with van der Waals surface area (Å²) in [6.45, 7) is 4.64.